The summed E-state index contributed by atoms with van der Waals surface area (Å²) in [5, 5.41) is 5.31. The minimum atomic E-state index is -0.868. The molecule has 18 heavy (non-hydrogen) atoms. The Labute approximate surface area is 116 Å². The van der Waals surface area contributed by atoms with Gasteiger partial charge in [-0.1, -0.05) is 13.3 Å². The van der Waals surface area contributed by atoms with E-state index in [4.69, 9.17) is 5.73 Å². The lowest BCUT2D eigenvalue weighted by atomic mass is 9.91. The number of amides is 2. The van der Waals surface area contributed by atoms with Crippen LogP contribution in [-0.4, -0.2) is 30.9 Å². The topological polar surface area (TPSA) is 84.2 Å². The minimum absolute atomic E-state index is 0. The van der Waals surface area contributed by atoms with Crippen LogP contribution in [0.25, 0.3) is 0 Å². The highest BCUT2D eigenvalue weighted by Crippen LogP contribution is 2.14. The lowest BCUT2D eigenvalue weighted by Gasteiger charge is -2.27. The van der Waals surface area contributed by atoms with E-state index in [1.165, 1.54) is 0 Å². The number of nitrogens with two attached hydrogens (primary N) is 1. The second-order valence-corrected chi connectivity index (χ2v) is 5.31. The Balaban J connectivity index is 0. The molecular formula is C12H26ClN3O2. The van der Waals surface area contributed by atoms with Crippen LogP contribution in [0.3, 0.4) is 0 Å². The van der Waals surface area contributed by atoms with Crippen molar-refractivity contribution < 1.29 is 9.59 Å². The highest BCUT2D eigenvalue weighted by atomic mass is 35.5. The van der Waals surface area contributed by atoms with E-state index in [0.29, 0.717) is 6.42 Å². The summed E-state index contributed by atoms with van der Waals surface area (Å²) in [6.07, 6.45) is 1.47. The molecule has 2 amide bonds. The van der Waals surface area contributed by atoms with Crippen LogP contribution >= 0.6 is 12.4 Å². The van der Waals surface area contributed by atoms with Gasteiger partial charge in [-0.05, 0) is 27.2 Å². The molecule has 1 atom stereocenters. The van der Waals surface area contributed by atoms with Crippen LogP contribution in [-0.2, 0) is 9.59 Å². The van der Waals surface area contributed by atoms with Crippen LogP contribution in [0.5, 0.6) is 0 Å². The molecule has 0 bridgehead atoms. The Morgan fingerprint density at radius 2 is 1.67 bits per heavy atom. The molecule has 0 heterocycles. The van der Waals surface area contributed by atoms with Crippen molar-refractivity contribution in [3.05, 3.63) is 0 Å². The minimum Gasteiger partial charge on any atom is -0.359 e. The van der Waals surface area contributed by atoms with Gasteiger partial charge < -0.3 is 16.4 Å². The summed E-state index contributed by atoms with van der Waals surface area (Å²) in [6.45, 7) is 7.52. The van der Waals surface area contributed by atoms with Crippen molar-refractivity contribution in [2.24, 2.45) is 11.1 Å². The normalized spacial score (nSPS) is 14.1. The molecule has 0 aromatic carbocycles. The van der Waals surface area contributed by atoms with Gasteiger partial charge in [0.05, 0.1) is 11.0 Å². The molecule has 0 aliphatic rings. The Morgan fingerprint density at radius 3 is 2.06 bits per heavy atom. The Morgan fingerprint density at radius 1 is 1.17 bits per heavy atom. The van der Waals surface area contributed by atoms with Crippen molar-refractivity contribution in [2.75, 3.05) is 13.6 Å². The average Bonchev–Trinajstić information content (AvgIpc) is 2.24. The third-order valence-corrected chi connectivity index (χ3v) is 2.82. The lowest BCUT2D eigenvalue weighted by Crippen LogP contribution is -2.54. The van der Waals surface area contributed by atoms with Crippen molar-refractivity contribution in [2.45, 2.75) is 46.1 Å². The first-order valence-electron chi connectivity index (χ1n) is 5.96. The van der Waals surface area contributed by atoms with Crippen molar-refractivity contribution >= 4 is 24.2 Å². The van der Waals surface area contributed by atoms with Crippen LogP contribution in [0, 0.1) is 5.41 Å². The molecule has 0 saturated heterocycles. The third-order valence-electron chi connectivity index (χ3n) is 2.82. The quantitative estimate of drug-likeness (QED) is 0.673. The fraction of sp³-hybridized carbons (Fsp3) is 0.833. The van der Waals surface area contributed by atoms with E-state index in [1.54, 1.807) is 27.8 Å². The predicted octanol–water partition coefficient (Wildman–Crippen LogP) is 0.814. The van der Waals surface area contributed by atoms with Crippen LogP contribution in [0.2, 0.25) is 0 Å². The highest BCUT2D eigenvalue weighted by Gasteiger charge is 2.31. The van der Waals surface area contributed by atoms with E-state index in [9.17, 15) is 9.59 Å². The molecule has 6 heteroatoms. The van der Waals surface area contributed by atoms with E-state index in [0.717, 1.165) is 6.42 Å². The largest absolute Gasteiger partial charge is 0.359 e. The monoisotopic (exact) mass is 279 g/mol. The molecule has 4 N–H and O–H groups in total. The molecule has 0 aromatic rings. The second kappa shape index (κ2) is 7.59. The summed E-state index contributed by atoms with van der Waals surface area (Å²) in [7, 11) is 1.58. The van der Waals surface area contributed by atoms with Gasteiger partial charge in [0, 0.05) is 13.6 Å². The molecule has 0 rings (SSSR count). The maximum absolute atomic E-state index is 11.8. The summed E-state index contributed by atoms with van der Waals surface area (Å²) in [5.74, 6) is -0.316. The number of carbonyl (C=O) groups excluding carboxylic acids is 2. The van der Waals surface area contributed by atoms with Gasteiger partial charge in [0.1, 0.15) is 0 Å². The predicted molar refractivity (Wildman–Crippen MR) is 75.6 cm³/mol. The maximum Gasteiger partial charge on any atom is 0.239 e. The van der Waals surface area contributed by atoms with Gasteiger partial charge in [-0.2, -0.15) is 0 Å². The van der Waals surface area contributed by atoms with Gasteiger partial charge in [0.25, 0.3) is 0 Å². The van der Waals surface area contributed by atoms with Crippen LogP contribution < -0.4 is 16.4 Å². The molecule has 0 radical (unpaired) electrons. The Hall–Kier alpha value is -0.810. The zero-order chi connectivity index (χ0) is 13.7. The second-order valence-electron chi connectivity index (χ2n) is 5.31. The molecule has 0 aliphatic heterocycles. The van der Waals surface area contributed by atoms with Gasteiger partial charge in [0.15, 0.2) is 0 Å². The van der Waals surface area contributed by atoms with E-state index < -0.39 is 11.0 Å². The summed E-state index contributed by atoms with van der Waals surface area (Å²) < 4.78 is 0. The molecule has 0 aromatic heterocycles. The standard InChI is InChI=1S/C12H25N3O2.ClH/c1-6-7-12(4,13)10(17)15-8-11(2,3)9(16)14-5;/h6-8,13H2,1-5H3,(H,14,16)(H,15,17);1H. The van der Waals surface area contributed by atoms with Gasteiger partial charge in [0.2, 0.25) is 11.8 Å². The summed E-state index contributed by atoms with van der Waals surface area (Å²) in [6, 6.07) is 0. The molecule has 108 valence electrons. The Bertz CT molecular complexity index is 291. The van der Waals surface area contributed by atoms with E-state index in [-0.39, 0.29) is 30.8 Å². The van der Waals surface area contributed by atoms with Crippen LogP contribution in [0.15, 0.2) is 0 Å². The first kappa shape index (κ1) is 19.5. The summed E-state index contributed by atoms with van der Waals surface area (Å²) in [4.78, 5) is 23.4. The number of nitrogens with one attached hydrogen (secondary N) is 2. The zero-order valence-corrected chi connectivity index (χ0v) is 12.7. The number of carbonyl (C=O) groups is 2. The lowest BCUT2D eigenvalue weighted by molar-refractivity contribution is -0.130. The van der Waals surface area contributed by atoms with E-state index in [1.807, 2.05) is 6.92 Å². The average molecular weight is 280 g/mol. The smallest absolute Gasteiger partial charge is 0.239 e. The van der Waals surface area contributed by atoms with Gasteiger partial charge in [-0.15, -0.1) is 12.4 Å². The fourth-order valence-electron chi connectivity index (χ4n) is 1.55. The first-order chi connectivity index (χ1) is 7.67. The molecule has 5 nitrogen and oxygen atoms in total. The van der Waals surface area contributed by atoms with E-state index >= 15 is 0 Å². The third kappa shape index (κ3) is 5.69. The van der Waals surface area contributed by atoms with Gasteiger partial charge >= 0.3 is 0 Å². The molecule has 0 saturated carbocycles. The number of hydrogen-bond donors (Lipinski definition) is 3. The van der Waals surface area contributed by atoms with Crippen molar-refractivity contribution in [3.63, 3.8) is 0 Å². The Kier molecular flexibility index (Phi) is 8.23. The number of hydrogen-bond acceptors (Lipinski definition) is 3. The highest BCUT2D eigenvalue weighted by molar-refractivity contribution is 5.87. The molecule has 0 fully saturated rings. The first-order valence-corrected chi connectivity index (χ1v) is 5.96. The number of halogens is 1. The molecular weight excluding hydrogens is 254 g/mol. The molecule has 0 spiro atoms. The molecule has 1 unspecified atom stereocenters. The summed E-state index contributed by atoms with van der Waals surface area (Å²) >= 11 is 0. The van der Waals surface area contributed by atoms with Crippen molar-refractivity contribution in [3.8, 4) is 0 Å². The van der Waals surface area contributed by atoms with Crippen LogP contribution in [0.4, 0.5) is 0 Å². The van der Waals surface area contributed by atoms with Crippen LogP contribution in [0.1, 0.15) is 40.5 Å². The zero-order valence-electron chi connectivity index (χ0n) is 11.9. The van der Waals surface area contributed by atoms with Gasteiger partial charge in [-0.3, -0.25) is 9.59 Å². The maximum atomic E-state index is 11.8. The van der Waals surface area contributed by atoms with E-state index in [2.05, 4.69) is 10.6 Å². The fourth-order valence-corrected chi connectivity index (χ4v) is 1.55. The molecule has 0 aliphatic carbocycles. The summed E-state index contributed by atoms with van der Waals surface area (Å²) in [5.41, 5.74) is 4.40. The SMILES string of the molecule is CCCC(C)(N)C(=O)NCC(C)(C)C(=O)NC.Cl. The van der Waals surface area contributed by atoms with Crippen molar-refractivity contribution in [1.82, 2.24) is 10.6 Å². The van der Waals surface area contributed by atoms with Crippen molar-refractivity contribution in [1.29, 1.82) is 0 Å². The number of rotatable bonds is 6. The van der Waals surface area contributed by atoms with Gasteiger partial charge in [-0.25, -0.2) is 0 Å².